The van der Waals surface area contributed by atoms with Crippen molar-refractivity contribution < 1.29 is 4.74 Å². The minimum Gasteiger partial charge on any atom is -0.381 e. The molecule has 0 unspecified atom stereocenters. The second-order valence-corrected chi connectivity index (χ2v) is 8.54. The Morgan fingerprint density at radius 2 is 2.00 bits per heavy atom. The van der Waals surface area contributed by atoms with E-state index in [0.29, 0.717) is 17.3 Å². The standard InChI is InChI=1S/C22H26ClN5O/c1-14-10-19-17(22(25-13-24-19)27-8-6-15(29-2)7-9-27)12-28(14)20-11-21(23)26-18-5-3-4-16(18)20/h3-4,11,13-15H,5-10,12H2,1-2H3/t14-/m1/s1. The number of hydrogen-bond acceptors (Lipinski definition) is 6. The maximum atomic E-state index is 6.37. The Balaban J connectivity index is 1.49. The molecule has 1 atom stereocenters. The summed E-state index contributed by atoms with van der Waals surface area (Å²) in [6.07, 6.45) is 10.2. The zero-order chi connectivity index (χ0) is 20.0. The SMILES string of the molecule is COC1CCN(c2ncnc3c2CN(c2cc(Cl)nc4c2C=CC4)[C@H](C)C3)CC1. The molecule has 6 nitrogen and oxygen atoms in total. The molecule has 0 radical (unpaired) electrons. The van der Waals surface area contributed by atoms with Crippen LogP contribution >= 0.6 is 11.6 Å². The van der Waals surface area contributed by atoms with Gasteiger partial charge in [0.2, 0.25) is 0 Å². The molecule has 0 aromatic carbocycles. The molecule has 0 bridgehead atoms. The predicted molar refractivity (Wildman–Crippen MR) is 116 cm³/mol. The first-order valence-corrected chi connectivity index (χ1v) is 10.7. The van der Waals surface area contributed by atoms with Gasteiger partial charge in [-0.2, -0.15) is 0 Å². The highest BCUT2D eigenvalue weighted by Crippen LogP contribution is 2.38. The summed E-state index contributed by atoms with van der Waals surface area (Å²) in [5.74, 6) is 1.08. The Hall–Kier alpha value is -2.18. The van der Waals surface area contributed by atoms with Crippen molar-refractivity contribution in [3.05, 3.63) is 46.1 Å². The molecule has 0 spiro atoms. The van der Waals surface area contributed by atoms with Crippen LogP contribution in [0.25, 0.3) is 6.08 Å². The summed E-state index contributed by atoms with van der Waals surface area (Å²) in [7, 11) is 1.80. The number of ether oxygens (including phenoxy) is 1. The Morgan fingerprint density at radius 3 is 2.79 bits per heavy atom. The zero-order valence-electron chi connectivity index (χ0n) is 16.9. The Bertz CT molecular complexity index is 954. The molecule has 5 rings (SSSR count). The fourth-order valence-corrected chi connectivity index (χ4v) is 5.02. The van der Waals surface area contributed by atoms with Gasteiger partial charge in [-0.15, -0.1) is 0 Å². The summed E-state index contributed by atoms with van der Waals surface area (Å²) in [5.41, 5.74) is 5.84. The topological polar surface area (TPSA) is 54.4 Å². The van der Waals surface area contributed by atoms with Crippen LogP contribution in [0, 0.1) is 0 Å². The number of fused-ring (bicyclic) bond motifs is 2. The van der Waals surface area contributed by atoms with Crippen molar-refractivity contribution in [1.29, 1.82) is 0 Å². The van der Waals surface area contributed by atoms with Crippen molar-refractivity contribution in [2.45, 2.75) is 51.3 Å². The molecule has 2 aromatic rings. The van der Waals surface area contributed by atoms with E-state index in [0.717, 1.165) is 56.8 Å². The van der Waals surface area contributed by atoms with Crippen LogP contribution in [-0.2, 0) is 24.1 Å². The lowest BCUT2D eigenvalue weighted by molar-refractivity contribution is 0.0817. The molecule has 0 amide bonds. The minimum atomic E-state index is 0.334. The highest BCUT2D eigenvalue weighted by molar-refractivity contribution is 6.29. The molecular weight excluding hydrogens is 386 g/mol. The molecule has 1 fully saturated rings. The Labute approximate surface area is 176 Å². The monoisotopic (exact) mass is 411 g/mol. The van der Waals surface area contributed by atoms with Crippen molar-refractivity contribution in [2.24, 2.45) is 0 Å². The van der Waals surface area contributed by atoms with Crippen molar-refractivity contribution in [1.82, 2.24) is 15.0 Å². The fraction of sp³-hybridized carbons (Fsp3) is 0.500. The lowest BCUT2D eigenvalue weighted by Gasteiger charge is -2.40. The Morgan fingerprint density at radius 1 is 1.17 bits per heavy atom. The molecule has 152 valence electrons. The van der Waals surface area contributed by atoms with E-state index in [-0.39, 0.29) is 0 Å². The van der Waals surface area contributed by atoms with Crippen molar-refractivity contribution in [3.63, 3.8) is 0 Å². The van der Waals surface area contributed by atoms with E-state index in [1.54, 1.807) is 13.4 Å². The zero-order valence-corrected chi connectivity index (χ0v) is 17.7. The van der Waals surface area contributed by atoms with Gasteiger partial charge in [0.25, 0.3) is 0 Å². The second kappa shape index (κ2) is 7.58. The van der Waals surface area contributed by atoms with E-state index in [9.17, 15) is 0 Å². The van der Waals surface area contributed by atoms with Gasteiger partial charge in [-0.3, -0.25) is 0 Å². The lowest BCUT2D eigenvalue weighted by Crippen LogP contribution is -2.42. The highest BCUT2D eigenvalue weighted by Gasteiger charge is 2.31. The molecule has 0 saturated carbocycles. The smallest absolute Gasteiger partial charge is 0.137 e. The summed E-state index contributed by atoms with van der Waals surface area (Å²) in [5, 5.41) is 0.562. The fourth-order valence-electron chi connectivity index (χ4n) is 4.81. The quantitative estimate of drug-likeness (QED) is 0.718. The minimum absolute atomic E-state index is 0.334. The Kier molecular flexibility index (Phi) is 4.92. The van der Waals surface area contributed by atoms with Crippen molar-refractivity contribution >= 4 is 29.2 Å². The molecule has 7 heteroatoms. The van der Waals surface area contributed by atoms with Crippen LogP contribution in [0.4, 0.5) is 11.5 Å². The predicted octanol–water partition coefficient (Wildman–Crippen LogP) is 3.66. The number of rotatable bonds is 3. The van der Waals surface area contributed by atoms with Gasteiger partial charge in [-0.25, -0.2) is 15.0 Å². The number of anilines is 2. The number of halogens is 1. The van der Waals surface area contributed by atoms with Crippen LogP contribution in [0.2, 0.25) is 5.15 Å². The first-order valence-electron chi connectivity index (χ1n) is 10.4. The maximum absolute atomic E-state index is 6.37. The number of piperidine rings is 1. The average molecular weight is 412 g/mol. The van der Waals surface area contributed by atoms with Gasteiger partial charge in [-0.05, 0) is 25.8 Å². The van der Waals surface area contributed by atoms with Crippen LogP contribution in [-0.4, -0.2) is 47.3 Å². The van der Waals surface area contributed by atoms with E-state index in [4.69, 9.17) is 21.3 Å². The number of allylic oxidation sites excluding steroid dienone is 1. The normalized spacial score (nSPS) is 21.4. The van der Waals surface area contributed by atoms with Crippen molar-refractivity contribution in [2.75, 3.05) is 30.0 Å². The number of methoxy groups -OCH3 is 1. The third kappa shape index (κ3) is 3.38. The number of aromatic nitrogens is 3. The van der Waals surface area contributed by atoms with Gasteiger partial charge >= 0.3 is 0 Å². The van der Waals surface area contributed by atoms with Gasteiger partial charge in [0, 0.05) is 62.4 Å². The van der Waals surface area contributed by atoms with E-state index in [2.05, 4.69) is 38.8 Å². The molecule has 1 aliphatic carbocycles. The first-order chi connectivity index (χ1) is 14.1. The number of pyridine rings is 1. The van der Waals surface area contributed by atoms with Gasteiger partial charge in [0.1, 0.15) is 17.3 Å². The van der Waals surface area contributed by atoms with E-state index >= 15 is 0 Å². The van der Waals surface area contributed by atoms with Crippen LogP contribution < -0.4 is 9.80 Å². The van der Waals surface area contributed by atoms with Gasteiger partial charge in [0.15, 0.2) is 0 Å². The second-order valence-electron chi connectivity index (χ2n) is 8.16. The van der Waals surface area contributed by atoms with Gasteiger partial charge in [-0.1, -0.05) is 23.8 Å². The third-order valence-corrected chi connectivity index (χ3v) is 6.62. The molecule has 2 aromatic heterocycles. The summed E-state index contributed by atoms with van der Waals surface area (Å²) in [6, 6.07) is 2.34. The molecule has 0 N–H and O–H groups in total. The van der Waals surface area contributed by atoms with Crippen LogP contribution in [0.1, 0.15) is 42.3 Å². The average Bonchev–Trinajstić information content (AvgIpc) is 3.20. The van der Waals surface area contributed by atoms with E-state index in [1.807, 2.05) is 6.07 Å². The van der Waals surface area contributed by atoms with Crippen LogP contribution in [0.5, 0.6) is 0 Å². The molecule has 2 aliphatic heterocycles. The molecule has 1 saturated heterocycles. The number of nitrogens with zero attached hydrogens (tertiary/aromatic N) is 5. The molecular formula is C22H26ClN5O. The summed E-state index contributed by atoms with van der Waals surface area (Å²) in [4.78, 5) is 18.7. The third-order valence-electron chi connectivity index (χ3n) is 6.43. The van der Waals surface area contributed by atoms with Gasteiger partial charge < -0.3 is 14.5 Å². The summed E-state index contributed by atoms with van der Waals surface area (Å²) in [6.45, 7) is 4.99. The highest BCUT2D eigenvalue weighted by atomic mass is 35.5. The van der Waals surface area contributed by atoms with Crippen molar-refractivity contribution in [3.8, 4) is 0 Å². The summed E-state index contributed by atoms with van der Waals surface area (Å²) < 4.78 is 5.54. The molecule has 29 heavy (non-hydrogen) atoms. The molecule has 4 heterocycles. The number of hydrogen-bond donors (Lipinski definition) is 0. The maximum Gasteiger partial charge on any atom is 0.137 e. The van der Waals surface area contributed by atoms with E-state index in [1.165, 1.54) is 22.5 Å². The largest absolute Gasteiger partial charge is 0.381 e. The van der Waals surface area contributed by atoms with Crippen LogP contribution in [0.3, 0.4) is 0 Å². The van der Waals surface area contributed by atoms with Gasteiger partial charge in [0.05, 0.1) is 17.5 Å². The first kappa shape index (κ1) is 18.8. The van der Waals surface area contributed by atoms with E-state index < -0.39 is 0 Å². The lowest BCUT2D eigenvalue weighted by atomic mass is 9.97. The summed E-state index contributed by atoms with van der Waals surface area (Å²) >= 11 is 6.37. The van der Waals surface area contributed by atoms with Crippen LogP contribution in [0.15, 0.2) is 18.5 Å². The molecule has 3 aliphatic rings.